The topological polar surface area (TPSA) is 61.4 Å². The van der Waals surface area contributed by atoms with E-state index in [1.165, 1.54) is 6.07 Å². The minimum atomic E-state index is -4.67. The van der Waals surface area contributed by atoms with Gasteiger partial charge in [0.05, 0.1) is 33.5 Å². The lowest BCUT2D eigenvalue weighted by atomic mass is 10.1. The number of allylic oxidation sites excluding steroid dienone is 2. The molecule has 206 valence electrons. The molecule has 3 aromatic rings. The van der Waals surface area contributed by atoms with Gasteiger partial charge in [-0.25, -0.2) is 4.79 Å². The van der Waals surface area contributed by atoms with E-state index in [1.54, 1.807) is 47.9 Å². The van der Waals surface area contributed by atoms with Gasteiger partial charge >= 0.3 is 12.2 Å². The van der Waals surface area contributed by atoms with Crippen molar-refractivity contribution in [2.75, 3.05) is 15.5 Å². The number of fused-ring (bicyclic) bond motifs is 2. The summed E-state index contributed by atoms with van der Waals surface area (Å²) in [6.07, 6.45) is 3.32. The maximum Gasteiger partial charge on any atom is 0.418 e. The number of hydrogen-bond donors (Lipinski definition) is 2. The number of urea groups is 1. The number of thioether (sulfide) groups is 2. The Bertz CT molecular complexity index is 1510. The van der Waals surface area contributed by atoms with Crippen LogP contribution in [-0.2, 0) is 11.0 Å². The second-order valence-electron chi connectivity index (χ2n) is 9.08. The van der Waals surface area contributed by atoms with Crippen molar-refractivity contribution < 1.29 is 22.8 Å². The molecule has 1 heterocycles. The van der Waals surface area contributed by atoms with E-state index >= 15 is 0 Å². The molecule has 40 heavy (non-hydrogen) atoms. The van der Waals surface area contributed by atoms with Crippen molar-refractivity contribution in [3.05, 3.63) is 102 Å². The van der Waals surface area contributed by atoms with Gasteiger partial charge in [-0.1, -0.05) is 54.1 Å². The molecule has 0 fully saturated rings. The fourth-order valence-electron chi connectivity index (χ4n) is 4.41. The van der Waals surface area contributed by atoms with Crippen LogP contribution in [0, 0.1) is 0 Å². The third-order valence-electron chi connectivity index (χ3n) is 6.27. The molecule has 5 rings (SSSR count). The smallest absolute Gasteiger partial charge is 0.325 e. The molecule has 0 bridgehead atoms. The minimum absolute atomic E-state index is 0.0788. The van der Waals surface area contributed by atoms with Crippen LogP contribution >= 0.6 is 35.1 Å². The van der Waals surface area contributed by atoms with E-state index in [-0.39, 0.29) is 28.0 Å². The monoisotopic (exact) mass is 601 g/mol. The number of benzene rings is 3. The van der Waals surface area contributed by atoms with Crippen LogP contribution in [0.4, 0.5) is 35.0 Å². The molecule has 3 atom stereocenters. The number of rotatable bonds is 5. The molecule has 3 amide bonds. The molecule has 0 aromatic heterocycles. The highest BCUT2D eigenvalue weighted by Crippen LogP contribution is 2.44. The summed E-state index contributed by atoms with van der Waals surface area (Å²) in [5.74, 6) is -0.599. The van der Waals surface area contributed by atoms with Crippen molar-refractivity contribution in [3.8, 4) is 0 Å². The maximum atomic E-state index is 13.5. The lowest BCUT2D eigenvalue weighted by Crippen LogP contribution is -2.49. The van der Waals surface area contributed by atoms with Crippen LogP contribution in [0.5, 0.6) is 0 Å². The van der Waals surface area contributed by atoms with Crippen molar-refractivity contribution in [1.82, 2.24) is 0 Å². The lowest BCUT2D eigenvalue weighted by molar-refractivity contribution is -0.137. The standard InChI is InChI=1S/C29H23ClF3N3O2S2/c1-17(27(37)35-22-14-13-18(30)15-21(22)29(31,32)33)39-20-8-6-7-19(16-20)34-28(38)36-23-9-2-4-11-25(23)40-26-12-5-3-10-24(26)36/h2-17,23,25H,1H3,(H,34,38)(H,35,37). The Labute approximate surface area is 242 Å². The molecule has 0 spiro atoms. The van der Waals surface area contributed by atoms with Gasteiger partial charge in [0.15, 0.2) is 0 Å². The number of alkyl halides is 3. The van der Waals surface area contributed by atoms with Crippen LogP contribution in [0.25, 0.3) is 0 Å². The van der Waals surface area contributed by atoms with Gasteiger partial charge in [-0.05, 0) is 55.5 Å². The molecule has 0 saturated heterocycles. The molecular weight excluding hydrogens is 579 g/mol. The number of amides is 3. The Balaban J connectivity index is 1.29. The number of para-hydroxylation sites is 1. The molecular formula is C29H23ClF3N3O2S2. The minimum Gasteiger partial charge on any atom is -0.325 e. The van der Waals surface area contributed by atoms with E-state index in [9.17, 15) is 22.8 Å². The van der Waals surface area contributed by atoms with Crippen LogP contribution in [0.15, 0.2) is 101 Å². The van der Waals surface area contributed by atoms with E-state index < -0.39 is 22.9 Å². The Morgan fingerprint density at radius 3 is 2.58 bits per heavy atom. The predicted molar refractivity (Wildman–Crippen MR) is 156 cm³/mol. The van der Waals surface area contributed by atoms with Gasteiger partial charge in [-0.15, -0.1) is 23.5 Å². The highest BCUT2D eigenvalue weighted by molar-refractivity contribution is 8.00. The summed E-state index contributed by atoms with van der Waals surface area (Å²) in [6.45, 7) is 1.60. The van der Waals surface area contributed by atoms with Gasteiger partial charge in [0, 0.05) is 20.5 Å². The molecule has 1 aliphatic heterocycles. The number of halogens is 4. The SMILES string of the molecule is CC(Sc1cccc(NC(=O)N2c3ccccc3SC3C=CC=CC32)c1)C(=O)Nc1ccc(Cl)cc1C(F)(F)F. The lowest BCUT2D eigenvalue weighted by Gasteiger charge is -2.40. The van der Waals surface area contributed by atoms with Crippen LogP contribution in [0.3, 0.4) is 0 Å². The zero-order valence-corrected chi connectivity index (χ0v) is 23.4. The zero-order chi connectivity index (χ0) is 28.4. The molecule has 11 heteroatoms. The Morgan fingerprint density at radius 2 is 1.77 bits per heavy atom. The predicted octanol–water partition coefficient (Wildman–Crippen LogP) is 8.49. The Hall–Kier alpha value is -3.34. The molecule has 2 aliphatic rings. The van der Waals surface area contributed by atoms with Crippen LogP contribution in [-0.4, -0.2) is 28.5 Å². The summed E-state index contributed by atoms with van der Waals surface area (Å²) in [5.41, 5.74) is -0.0246. The second kappa shape index (κ2) is 11.6. The van der Waals surface area contributed by atoms with Gasteiger partial charge < -0.3 is 10.6 Å². The zero-order valence-electron chi connectivity index (χ0n) is 21.0. The Morgan fingerprint density at radius 1 is 1.00 bits per heavy atom. The molecule has 0 radical (unpaired) electrons. The number of anilines is 3. The third-order valence-corrected chi connectivity index (χ3v) is 8.91. The van der Waals surface area contributed by atoms with Gasteiger partial charge in [-0.3, -0.25) is 9.69 Å². The molecule has 0 saturated carbocycles. The normalized spacial score (nSPS) is 18.5. The van der Waals surface area contributed by atoms with Gasteiger partial charge in [0.1, 0.15) is 0 Å². The van der Waals surface area contributed by atoms with Crippen LogP contribution < -0.4 is 15.5 Å². The third kappa shape index (κ3) is 6.19. The first-order valence-electron chi connectivity index (χ1n) is 12.3. The molecule has 2 N–H and O–H groups in total. The quantitative estimate of drug-likeness (QED) is 0.288. The van der Waals surface area contributed by atoms with Crippen molar-refractivity contribution in [3.63, 3.8) is 0 Å². The van der Waals surface area contributed by atoms with E-state index in [0.717, 1.165) is 34.5 Å². The van der Waals surface area contributed by atoms with Gasteiger partial charge in [-0.2, -0.15) is 13.2 Å². The van der Waals surface area contributed by atoms with Crippen molar-refractivity contribution in [1.29, 1.82) is 0 Å². The summed E-state index contributed by atoms with van der Waals surface area (Å²) in [4.78, 5) is 29.7. The number of carbonyl (C=O) groups excluding carboxylic acids is 2. The fraction of sp³-hybridized carbons (Fsp3) is 0.172. The number of hydrogen-bond acceptors (Lipinski definition) is 4. The molecule has 3 aromatic carbocycles. The van der Waals surface area contributed by atoms with Crippen molar-refractivity contribution >= 4 is 64.1 Å². The summed E-state index contributed by atoms with van der Waals surface area (Å²) in [5, 5.41) is 4.61. The maximum absolute atomic E-state index is 13.5. The van der Waals surface area contributed by atoms with Gasteiger partial charge in [0.2, 0.25) is 5.91 Å². The largest absolute Gasteiger partial charge is 0.418 e. The number of nitrogens with zero attached hydrogens (tertiary/aromatic N) is 1. The average molecular weight is 602 g/mol. The molecule has 5 nitrogen and oxygen atoms in total. The summed E-state index contributed by atoms with van der Waals surface area (Å²) in [6, 6.07) is 17.5. The van der Waals surface area contributed by atoms with Crippen molar-refractivity contribution in [2.24, 2.45) is 0 Å². The highest BCUT2D eigenvalue weighted by Gasteiger charge is 2.37. The van der Waals surface area contributed by atoms with E-state index in [1.807, 2.05) is 42.5 Å². The van der Waals surface area contributed by atoms with Crippen LogP contribution in [0.1, 0.15) is 12.5 Å². The second-order valence-corrected chi connectivity index (χ2v) is 12.1. The average Bonchev–Trinajstić information content (AvgIpc) is 2.92. The van der Waals surface area contributed by atoms with E-state index in [4.69, 9.17) is 11.6 Å². The first-order chi connectivity index (χ1) is 19.1. The summed E-state index contributed by atoms with van der Waals surface area (Å²) >= 11 is 8.61. The van der Waals surface area contributed by atoms with Crippen molar-refractivity contribution in [2.45, 2.75) is 39.4 Å². The highest BCUT2D eigenvalue weighted by atomic mass is 35.5. The van der Waals surface area contributed by atoms with Gasteiger partial charge in [0.25, 0.3) is 0 Å². The molecule has 3 unspecified atom stereocenters. The number of nitrogens with one attached hydrogen (secondary N) is 2. The fourth-order valence-corrected chi connectivity index (χ4v) is 6.76. The summed E-state index contributed by atoms with van der Waals surface area (Å²) < 4.78 is 40.3. The number of carbonyl (C=O) groups is 2. The molecule has 1 aliphatic carbocycles. The van der Waals surface area contributed by atoms with E-state index in [0.29, 0.717) is 10.6 Å². The first-order valence-corrected chi connectivity index (χ1v) is 14.4. The van der Waals surface area contributed by atoms with Crippen LogP contribution in [0.2, 0.25) is 5.02 Å². The summed E-state index contributed by atoms with van der Waals surface area (Å²) in [7, 11) is 0. The Kier molecular flexibility index (Phi) is 8.21. The van der Waals surface area contributed by atoms with E-state index in [2.05, 4.69) is 16.7 Å². The first kappa shape index (κ1) is 28.2.